The molecule has 0 bridgehead atoms. The molecular formula is C11H16N2O2S. The Balaban J connectivity index is 2.47. The first-order chi connectivity index (χ1) is 7.76. The molecule has 0 aliphatic carbocycles. The van der Waals surface area contributed by atoms with E-state index in [1.807, 2.05) is 19.1 Å². The average molecular weight is 240 g/mol. The molecule has 1 rings (SSSR count). The molecule has 1 heterocycles. The van der Waals surface area contributed by atoms with Gasteiger partial charge in [-0.3, -0.25) is 4.79 Å². The molecule has 0 spiro atoms. The molecular weight excluding hydrogens is 224 g/mol. The number of carbonyl (C=O) groups excluding carboxylic acids is 1. The summed E-state index contributed by atoms with van der Waals surface area (Å²) in [6.07, 6.45) is 1.73. The zero-order valence-electron chi connectivity index (χ0n) is 9.53. The SMILES string of the molecule is CCNc1cc(SCC(=O)OCC)ccn1. The first kappa shape index (κ1) is 12.8. The van der Waals surface area contributed by atoms with Gasteiger partial charge in [0.25, 0.3) is 0 Å². The molecule has 0 saturated heterocycles. The normalized spacial score (nSPS) is 9.88. The lowest BCUT2D eigenvalue weighted by atomic mass is 10.4. The van der Waals surface area contributed by atoms with Crippen molar-refractivity contribution in [2.24, 2.45) is 0 Å². The van der Waals surface area contributed by atoms with Crippen LogP contribution in [0.2, 0.25) is 0 Å². The Labute approximate surface area is 99.8 Å². The molecule has 0 aliphatic rings. The monoisotopic (exact) mass is 240 g/mol. The van der Waals surface area contributed by atoms with Crippen LogP contribution in [0.4, 0.5) is 5.82 Å². The van der Waals surface area contributed by atoms with Gasteiger partial charge in [-0.15, -0.1) is 11.8 Å². The molecule has 1 aromatic rings. The van der Waals surface area contributed by atoms with Crippen molar-refractivity contribution in [3.05, 3.63) is 18.3 Å². The minimum atomic E-state index is -0.186. The van der Waals surface area contributed by atoms with Crippen molar-refractivity contribution < 1.29 is 9.53 Å². The lowest BCUT2D eigenvalue weighted by Gasteiger charge is -2.05. The Bertz CT molecular complexity index is 345. The van der Waals surface area contributed by atoms with E-state index in [4.69, 9.17) is 4.74 Å². The highest BCUT2D eigenvalue weighted by molar-refractivity contribution is 8.00. The second kappa shape index (κ2) is 7.11. The summed E-state index contributed by atoms with van der Waals surface area (Å²) < 4.78 is 4.85. The number of esters is 1. The largest absolute Gasteiger partial charge is 0.465 e. The predicted octanol–water partition coefficient (Wildman–Crippen LogP) is 2.17. The minimum absolute atomic E-state index is 0.186. The lowest BCUT2D eigenvalue weighted by molar-refractivity contribution is -0.139. The maximum Gasteiger partial charge on any atom is 0.316 e. The fourth-order valence-corrected chi connectivity index (χ4v) is 1.84. The van der Waals surface area contributed by atoms with Crippen molar-refractivity contribution >= 4 is 23.5 Å². The van der Waals surface area contributed by atoms with Gasteiger partial charge in [-0.25, -0.2) is 4.98 Å². The number of nitrogens with one attached hydrogen (secondary N) is 1. The van der Waals surface area contributed by atoms with Gasteiger partial charge in [-0.1, -0.05) is 0 Å². The molecule has 4 nitrogen and oxygen atoms in total. The third-order valence-corrected chi connectivity index (χ3v) is 2.72. The van der Waals surface area contributed by atoms with E-state index in [0.29, 0.717) is 12.4 Å². The van der Waals surface area contributed by atoms with E-state index in [1.165, 1.54) is 11.8 Å². The Morgan fingerprint density at radius 1 is 1.56 bits per heavy atom. The second-order valence-electron chi connectivity index (χ2n) is 3.00. The summed E-state index contributed by atoms with van der Waals surface area (Å²) in [5, 5.41) is 3.12. The first-order valence-corrected chi connectivity index (χ1v) is 6.23. The van der Waals surface area contributed by atoms with Gasteiger partial charge < -0.3 is 10.1 Å². The molecule has 0 radical (unpaired) electrons. The third-order valence-electron chi connectivity index (χ3n) is 1.75. The molecule has 0 aromatic carbocycles. The summed E-state index contributed by atoms with van der Waals surface area (Å²) in [4.78, 5) is 16.3. The molecule has 0 atom stereocenters. The van der Waals surface area contributed by atoms with E-state index >= 15 is 0 Å². The summed E-state index contributed by atoms with van der Waals surface area (Å²) in [6.45, 7) is 5.08. The zero-order chi connectivity index (χ0) is 11.8. The summed E-state index contributed by atoms with van der Waals surface area (Å²) in [5.74, 6) is 0.981. The smallest absolute Gasteiger partial charge is 0.316 e. The van der Waals surface area contributed by atoms with Crippen LogP contribution < -0.4 is 5.32 Å². The maximum atomic E-state index is 11.2. The number of carbonyl (C=O) groups is 1. The van der Waals surface area contributed by atoms with Gasteiger partial charge in [-0.05, 0) is 26.0 Å². The number of thioether (sulfide) groups is 1. The van der Waals surface area contributed by atoms with E-state index in [9.17, 15) is 4.79 Å². The van der Waals surface area contributed by atoms with Gasteiger partial charge in [0.15, 0.2) is 0 Å². The molecule has 88 valence electrons. The van der Waals surface area contributed by atoms with Crippen molar-refractivity contribution in [3.63, 3.8) is 0 Å². The first-order valence-electron chi connectivity index (χ1n) is 5.24. The zero-order valence-corrected chi connectivity index (χ0v) is 10.3. The fraction of sp³-hybridized carbons (Fsp3) is 0.455. The average Bonchev–Trinajstić information content (AvgIpc) is 2.28. The molecule has 0 fully saturated rings. The molecule has 0 unspecified atom stereocenters. The summed E-state index contributed by atoms with van der Waals surface area (Å²) >= 11 is 1.45. The van der Waals surface area contributed by atoms with Gasteiger partial charge in [0.1, 0.15) is 5.82 Å². The van der Waals surface area contributed by atoms with Gasteiger partial charge in [0.2, 0.25) is 0 Å². The van der Waals surface area contributed by atoms with Crippen molar-refractivity contribution in [3.8, 4) is 0 Å². The number of hydrogen-bond donors (Lipinski definition) is 1. The highest BCUT2D eigenvalue weighted by Crippen LogP contribution is 2.19. The van der Waals surface area contributed by atoms with Gasteiger partial charge in [0.05, 0.1) is 12.4 Å². The Hall–Kier alpha value is -1.23. The van der Waals surface area contributed by atoms with Crippen molar-refractivity contribution in [2.45, 2.75) is 18.7 Å². The van der Waals surface area contributed by atoms with Crippen LogP contribution in [0.1, 0.15) is 13.8 Å². The van der Waals surface area contributed by atoms with Crippen LogP contribution in [-0.4, -0.2) is 29.9 Å². The quantitative estimate of drug-likeness (QED) is 0.610. The van der Waals surface area contributed by atoms with Crippen LogP contribution in [0.25, 0.3) is 0 Å². The summed E-state index contributed by atoms with van der Waals surface area (Å²) in [7, 11) is 0. The van der Waals surface area contributed by atoms with Gasteiger partial charge >= 0.3 is 5.97 Å². The molecule has 0 aliphatic heterocycles. The molecule has 1 N–H and O–H groups in total. The van der Waals surface area contributed by atoms with Crippen molar-refractivity contribution in [2.75, 3.05) is 24.2 Å². The lowest BCUT2D eigenvalue weighted by Crippen LogP contribution is -2.06. The minimum Gasteiger partial charge on any atom is -0.465 e. The number of aromatic nitrogens is 1. The number of nitrogens with zero attached hydrogens (tertiary/aromatic N) is 1. The number of rotatable bonds is 6. The summed E-state index contributed by atoms with van der Waals surface area (Å²) in [5.41, 5.74) is 0. The van der Waals surface area contributed by atoms with E-state index < -0.39 is 0 Å². The Morgan fingerprint density at radius 3 is 3.06 bits per heavy atom. The second-order valence-corrected chi connectivity index (χ2v) is 4.05. The molecule has 5 heteroatoms. The highest BCUT2D eigenvalue weighted by Gasteiger charge is 2.03. The van der Waals surface area contributed by atoms with Crippen LogP contribution in [0.15, 0.2) is 23.2 Å². The number of anilines is 1. The van der Waals surface area contributed by atoms with Gasteiger partial charge in [0, 0.05) is 17.6 Å². The van der Waals surface area contributed by atoms with E-state index in [0.717, 1.165) is 17.3 Å². The molecule has 1 aromatic heterocycles. The van der Waals surface area contributed by atoms with E-state index in [-0.39, 0.29) is 5.97 Å². The topological polar surface area (TPSA) is 51.2 Å². The molecule has 0 saturated carbocycles. The molecule has 0 amide bonds. The number of ether oxygens (including phenoxy) is 1. The summed E-state index contributed by atoms with van der Waals surface area (Å²) in [6, 6.07) is 3.80. The Kier molecular flexibility index (Phi) is 5.71. The van der Waals surface area contributed by atoms with Crippen LogP contribution in [-0.2, 0) is 9.53 Å². The van der Waals surface area contributed by atoms with Crippen molar-refractivity contribution in [1.82, 2.24) is 4.98 Å². The van der Waals surface area contributed by atoms with Crippen LogP contribution in [0, 0.1) is 0 Å². The highest BCUT2D eigenvalue weighted by atomic mass is 32.2. The van der Waals surface area contributed by atoms with Crippen LogP contribution in [0.3, 0.4) is 0 Å². The Morgan fingerprint density at radius 2 is 2.38 bits per heavy atom. The van der Waals surface area contributed by atoms with Crippen molar-refractivity contribution in [1.29, 1.82) is 0 Å². The van der Waals surface area contributed by atoms with Gasteiger partial charge in [-0.2, -0.15) is 0 Å². The van der Waals surface area contributed by atoms with E-state index in [2.05, 4.69) is 10.3 Å². The van der Waals surface area contributed by atoms with Crippen LogP contribution in [0.5, 0.6) is 0 Å². The number of pyridine rings is 1. The maximum absolute atomic E-state index is 11.2. The van der Waals surface area contributed by atoms with E-state index in [1.54, 1.807) is 13.1 Å². The predicted molar refractivity (Wildman–Crippen MR) is 65.8 cm³/mol. The third kappa shape index (κ3) is 4.53. The number of hydrogen-bond acceptors (Lipinski definition) is 5. The van der Waals surface area contributed by atoms with Crippen LogP contribution >= 0.6 is 11.8 Å². The standard InChI is InChI=1S/C11H16N2O2S/c1-3-12-10-7-9(5-6-13-10)16-8-11(14)15-4-2/h5-7H,3-4,8H2,1-2H3,(H,12,13). The molecule has 16 heavy (non-hydrogen) atoms. The fourth-order valence-electron chi connectivity index (χ4n) is 1.12.